The van der Waals surface area contributed by atoms with E-state index in [9.17, 15) is 8.42 Å². The van der Waals surface area contributed by atoms with E-state index in [0.29, 0.717) is 5.69 Å². The van der Waals surface area contributed by atoms with Gasteiger partial charge in [0.1, 0.15) is 0 Å². The minimum atomic E-state index is -3.77. The number of hydrogen-bond acceptors (Lipinski definition) is 7. The third-order valence-corrected chi connectivity index (χ3v) is 3.61. The molecule has 0 aliphatic heterocycles. The van der Waals surface area contributed by atoms with Crippen molar-refractivity contribution in [3.8, 4) is 0 Å². The summed E-state index contributed by atoms with van der Waals surface area (Å²) in [6, 6.07) is 6.43. The van der Waals surface area contributed by atoms with Gasteiger partial charge in [-0.2, -0.15) is 10.2 Å². The summed E-state index contributed by atoms with van der Waals surface area (Å²) in [5.41, 5.74) is 3.01. The average Bonchev–Trinajstić information content (AvgIpc) is 2.46. The Kier molecular flexibility index (Phi) is 4.00. The summed E-state index contributed by atoms with van der Waals surface area (Å²) in [6.45, 7) is 0.0246. The van der Waals surface area contributed by atoms with Gasteiger partial charge in [-0.15, -0.1) is 0 Å². The molecule has 0 aromatic carbocycles. The van der Waals surface area contributed by atoms with Crippen LogP contribution in [0.2, 0.25) is 0 Å². The van der Waals surface area contributed by atoms with E-state index in [1.165, 1.54) is 18.5 Å². The molecule has 0 spiro atoms. The van der Waals surface area contributed by atoms with Crippen molar-refractivity contribution in [1.82, 2.24) is 19.9 Å². The highest BCUT2D eigenvalue weighted by atomic mass is 32.2. The van der Waals surface area contributed by atoms with Gasteiger partial charge in [-0.1, -0.05) is 0 Å². The molecule has 2 aromatic rings. The fourth-order valence-electron chi connectivity index (χ4n) is 1.38. The highest BCUT2D eigenvalue weighted by molar-refractivity contribution is 7.89. The molecular weight excluding hydrogens is 268 g/mol. The van der Waals surface area contributed by atoms with Crippen LogP contribution in [0.4, 0.5) is 5.69 Å². The Balaban J connectivity index is 2.19. The Bertz CT molecular complexity index is 646. The van der Waals surface area contributed by atoms with E-state index in [4.69, 9.17) is 5.84 Å². The Morgan fingerprint density at radius 3 is 2.68 bits per heavy atom. The molecule has 0 aliphatic carbocycles. The summed E-state index contributed by atoms with van der Waals surface area (Å²) in [5.74, 6) is 5.25. The van der Waals surface area contributed by atoms with Crippen LogP contribution < -0.4 is 16.0 Å². The van der Waals surface area contributed by atoms with Crippen LogP contribution in [-0.2, 0) is 16.6 Å². The molecule has 2 heterocycles. The molecule has 0 saturated heterocycles. The van der Waals surface area contributed by atoms with Gasteiger partial charge in [-0.25, -0.2) is 18.1 Å². The van der Waals surface area contributed by atoms with E-state index in [1.807, 2.05) is 0 Å². The summed E-state index contributed by atoms with van der Waals surface area (Å²) in [6.07, 6.45) is 2.88. The third kappa shape index (κ3) is 3.22. The average molecular weight is 280 g/mol. The molecule has 100 valence electrons. The second-order valence-electron chi connectivity index (χ2n) is 3.54. The lowest BCUT2D eigenvalue weighted by Crippen LogP contribution is -2.26. The number of nitrogen functional groups attached to an aromatic ring is 1. The van der Waals surface area contributed by atoms with Crippen molar-refractivity contribution in [2.45, 2.75) is 11.6 Å². The number of nitrogens with zero attached hydrogens (tertiary/aromatic N) is 3. The summed E-state index contributed by atoms with van der Waals surface area (Å²) in [7, 11) is -3.77. The van der Waals surface area contributed by atoms with Crippen molar-refractivity contribution >= 4 is 15.7 Å². The highest BCUT2D eigenvalue weighted by Crippen LogP contribution is 2.16. The maximum atomic E-state index is 12.1. The van der Waals surface area contributed by atoms with Gasteiger partial charge in [0.05, 0.1) is 17.9 Å². The topological polar surface area (TPSA) is 123 Å². The predicted octanol–water partition coefficient (Wildman–Crippen LogP) is -0.364. The molecule has 0 aliphatic rings. The number of nitrogens with two attached hydrogens (primary N) is 1. The zero-order valence-corrected chi connectivity index (χ0v) is 10.6. The van der Waals surface area contributed by atoms with Crippen molar-refractivity contribution in [2.24, 2.45) is 5.84 Å². The standard InChI is InChI=1S/C10H12N6O2S/c11-15-9-4-2-5-12-10(9)19(17,18)14-7-8-3-1-6-13-16-8/h1-6,14-15H,7,11H2. The van der Waals surface area contributed by atoms with Gasteiger partial charge >= 0.3 is 0 Å². The largest absolute Gasteiger partial charge is 0.321 e. The Morgan fingerprint density at radius 2 is 2.00 bits per heavy atom. The molecule has 8 nitrogen and oxygen atoms in total. The third-order valence-electron chi connectivity index (χ3n) is 2.25. The summed E-state index contributed by atoms with van der Waals surface area (Å²) < 4.78 is 26.5. The summed E-state index contributed by atoms with van der Waals surface area (Å²) in [5, 5.41) is 7.27. The molecule has 19 heavy (non-hydrogen) atoms. The van der Waals surface area contributed by atoms with Crippen LogP contribution in [0.15, 0.2) is 41.7 Å². The van der Waals surface area contributed by atoms with E-state index in [0.717, 1.165) is 0 Å². The number of anilines is 1. The molecule has 0 fully saturated rings. The normalized spacial score (nSPS) is 11.2. The number of sulfonamides is 1. The van der Waals surface area contributed by atoms with Gasteiger partial charge in [0.25, 0.3) is 10.0 Å². The lowest BCUT2D eigenvalue weighted by Gasteiger charge is -2.09. The number of nitrogens with one attached hydrogen (secondary N) is 2. The zero-order valence-electron chi connectivity index (χ0n) is 9.81. The van der Waals surface area contributed by atoms with Crippen molar-refractivity contribution in [3.63, 3.8) is 0 Å². The van der Waals surface area contributed by atoms with Crippen LogP contribution in [0.1, 0.15) is 5.69 Å². The lowest BCUT2D eigenvalue weighted by atomic mass is 10.4. The van der Waals surface area contributed by atoms with E-state index < -0.39 is 10.0 Å². The molecule has 0 radical (unpaired) electrons. The van der Waals surface area contributed by atoms with Crippen LogP contribution >= 0.6 is 0 Å². The number of hydrogen-bond donors (Lipinski definition) is 3. The lowest BCUT2D eigenvalue weighted by molar-refractivity contribution is 0.576. The van der Waals surface area contributed by atoms with E-state index in [-0.39, 0.29) is 17.3 Å². The monoisotopic (exact) mass is 280 g/mol. The molecule has 4 N–H and O–H groups in total. The van der Waals surface area contributed by atoms with Gasteiger partial charge < -0.3 is 5.43 Å². The molecule has 0 amide bonds. The van der Waals surface area contributed by atoms with Crippen LogP contribution in [-0.4, -0.2) is 23.6 Å². The first-order chi connectivity index (χ1) is 9.13. The quantitative estimate of drug-likeness (QED) is 0.504. The molecule has 0 saturated carbocycles. The fourth-order valence-corrected chi connectivity index (χ4v) is 2.47. The molecule has 0 atom stereocenters. The number of aromatic nitrogens is 3. The number of hydrazine groups is 1. The molecule has 2 aromatic heterocycles. The van der Waals surface area contributed by atoms with Crippen LogP contribution in [0.25, 0.3) is 0 Å². The summed E-state index contributed by atoms with van der Waals surface area (Å²) in [4.78, 5) is 3.80. The second-order valence-corrected chi connectivity index (χ2v) is 5.22. The van der Waals surface area contributed by atoms with E-state index in [1.54, 1.807) is 18.2 Å². The fraction of sp³-hybridized carbons (Fsp3) is 0.100. The van der Waals surface area contributed by atoms with Crippen LogP contribution in [0.3, 0.4) is 0 Å². The van der Waals surface area contributed by atoms with Crippen molar-refractivity contribution in [3.05, 3.63) is 42.4 Å². The minimum absolute atomic E-state index is 0.0246. The van der Waals surface area contributed by atoms with Gasteiger partial charge in [-0.05, 0) is 24.3 Å². The molecular formula is C10H12N6O2S. The van der Waals surface area contributed by atoms with Crippen molar-refractivity contribution < 1.29 is 8.42 Å². The van der Waals surface area contributed by atoms with E-state index >= 15 is 0 Å². The Hall–Kier alpha value is -2.10. The van der Waals surface area contributed by atoms with Crippen LogP contribution in [0, 0.1) is 0 Å². The SMILES string of the molecule is NNc1cccnc1S(=O)(=O)NCc1cccnn1. The minimum Gasteiger partial charge on any atom is -0.321 e. The first kappa shape index (κ1) is 13.3. The van der Waals surface area contributed by atoms with Gasteiger partial charge in [0.15, 0.2) is 5.03 Å². The second kappa shape index (κ2) is 5.69. The Labute approximate surface area is 110 Å². The zero-order chi connectivity index (χ0) is 13.7. The van der Waals surface area contributed by atoms with Gasteiger partial charge in [0.2, 0.25) is 0 Å². The molecule has 0 unspecified atom stereocenters. The first-order valence-electron chi connectivity index (χ1n) is 5.31. The number of rotatable bonds is 5. The van der Waals surface area contributed by atoms with E-state index in [2.05, 4.69) is 25.3 Å². The highest BCUT2D eigenvalue weighted by Gasteiger charge is 2.19. The predicted molar refractivity (Wildman–Crippen MR) is 68.1 cm³/mol. The Morgan fingerprint density at radius 1 is 1.21 bits per heavy atom. The molecule has 2 rings (SSSR count). The van der Waals surface area contributed by atoms with Crippen molar-refractivity contribution in [2.75, 3.05) is 5.43 Å². The van der Waals surface area contributed by atoms with Gasteiger partial charge in [-0.3, -0.25) is 5.84 Å². The smallest absolute Gasteiger partial charge is 0.260 e. The molecule has 0 bridgehead atoms. The van der Waals surface area contributed by atoms with Crippen molar-refractivity contribution in [1.29, 1.82) is 0 Å². The maximum absolute atomic E-state index is 12.1. The molecule has 9 heteroatoms. The maximum Gasteiger partial charge on any atom is 0.260 e. The summed E-state index contributed by atoms with van der Waals surface area (Å²) >= 11 is 0. The van der Waals surface area contributed by atoms with Gasteiger partial charge in [0, 0.05) is 12.4 Å². The number of pyridine rings is 1. The van der Waals surface area contributed by atoms with Crippen LogP contribution in [0.5, 0.6) is 0 Å². The first-order valence-corrected chi connectivity index (χ1v) is 6.79.